The van der Waals surface area contributed by atoms with Crippen LogP contribution in [0.1, 0.15) is 16.1 Å². The van der Waals surface area contributed by atoms with Crippen LogP contribution in [0, 0.1) is 6.92 Å². The zero-order chi connectivity index (χ0) is 18.3. The number of aromatic amines is 1. The quantitative estimate of drug-likeness (QED) is 0.520. The van der Waals surface area contributed by atoms with E-state index in [2.05, 4.69) is 25.1 Å². The number of hydrogen-bond donors (Lipinski definition) is 3. The Labute approximate surface area is 148 Å². The monoisotopic (exact) mass is 345 g/mol. The van der Waals surface area contributed by atoms with Crippen molar-refractivity contribution in [2.24, 2.45) is 5.73 Å². The molecule has 4 aromatic rings. The molecule has 0 saturated heterocycles. The average molecular weight is 345 g/mol. The molecule has 8 nitrogen and oxygen atoms in total. The Hall–Kier alpha value is -3.81. The van der Waals surface area contributed by atoms with Gasteiger partial charge in [0, 0.05) is 23.3 Å². The van der Waals surface area contributed by atoms with Crippen LogP contribution < -0.4 is 11.5 Å². The molecule has 26 heavy (non-hydrogen) atoms. The molecule has 0 saturated carbocycles. The molecule has 4 rings (SSSR count). The first kappa shape index (κ1) is 15.7. The summed E-state index contributed by atoms with van der Waals surface area (Å²) in [7, 11) is 0. The van der Waals surface area contributed by atoms with Gasteiger partial charge >= 0.3 is 0 Å². The molecule has 0 aliphatic rings. The van der Waals surface area contributed by atoms with Crippen molar-refractivity contribution in [1.82, 2.24) is 25.1 Å². The van der Waals surface area contributed by atoms with Gasteiger partial charge in [-0.25, -0.2) is 15.0 Å². The van der Waals surface area contributed by atoms with Gasteiger partial charge in [-0.3, -0.25) is 9.89 Å². The van der Waals surface area contributed by atoms with E-state index < -0.39 is 5.91 Å². The number of pyridine rings is 1. The largest absolute Gasteiger partial charge is 0.396 e. The minimum Gasteiger partial charge on any atom is -0.396 e. The fourth-order valence-electron chi connectivity index (χ4n) is 2.98. The third kappa shape index (κ3) is 2.44. The van der Waals surface area contributed by atoms with Crippen LogP contribution in [-0.4, -0.2) is 31.1 Å². The fraction of sp³-hybridized carbons (Fsp3) is 0.0556. The van der Waals surface area contributed by atoms with Crippen molar-refractivity contribution < 1.29 is 4.79 Å². The SMILES string of the molecule is Cc1ccc2[nH]ncc2c1-c1cc(-c2ncccn2)nc(C(N)=O)c1N. The molecule has 0 aliphatic heterocycles. The molecule has 0 radical (unpaired) electrons. The number of benzene rings is 1. The molecule has 0 unspecified atom stereocenters. The van der Waals surface area contributed by atoms with Gasteiger partial charge in [0.25, 0.3) is 5.91 Å². The molecule has 8 heteroatoms. The Morgan fingerprint density at radius 3 is 2.69 bits per heavy atom. The molecule has 128 valence electrons. The van der Waals surface area contributed by atoms with E-state index in [1.807, 2.05) is 19.1 Å². The van der Waals surface area contributed by atoms with E-state index >= 15 is 0 Å². The van der Waals surface area contributed by atoms with Crippen molar-refractivity contribution in [2.75, 3.05) is 5.73 Å². The summed E-state index contributed by atoms with van der Waals surface area (Å²) in [5.41, 5.74) is 15.7. The van der Waals surface area contributed by atoms with Gasteiger partial charge in [-0.05, 0) is 36.2 Å². The van der Waals surface area contributed by atoms with Gasteiger partial charge < -0.3 is 11.5 Å². The number of fused-ring (bicyclic) bond motifs is 1. The topological polar surface area (TPSA) is 136 Å². The zero-order valence-electron chi connectivity index (χ0n) is 13.9. The molecular formula is C18H15N7O. The molecule has 1 amide bonds. The van der Waals surface area contributed by atoms with Crippen molar-refractivity contribution >= 4 is 22.5 Å². The van der Waals surface area contributed by atoms with Gasteiger partial charge in [0.15, 0.2) is 11.5 Å². The van der Waals surface area contributed by atoms with Crippen molar-refractivity contribution in [3.05, 3.63) is 54.1 Å². The van der Waals surface area contributed by atoms with Crippen LogP contribution in [0.15, 0.2) is 42.9 Å². The number of aryl methyl sites for hydroxylation is 1. The number of carbonyl (C=O) groups is 1. The summed E-state index contributed by atoms with van der Waals surface area (Å²) in [6.07, 6.45) is 4.93. The molecule has 0 aliphatic carbocycles. The maximum Gasteiger partial charge on any atom is 0.269 e. The maximum absolute atomic E-state index is 11.9. The molecule has 3 heterocycles. The zero-order valence-corrected chi connectivity index (χ0v) is 13.9. The Balaban J connectivity index is 2.07. The smallest absolute Gasteiger partial charge is 0.269 e. The van der Waals surface area contributed by atoms with Crippen LogP contribution in [0.4, 0.5) is 5.69 Å². The molecule has 1 aromatic carbocycles. The Morgan fingerprint density at radius 1 is 1.19 bits per heavy atom. The number of aromatic nitrogens is 5. The van der Waals surface area contributed by atoms with Crippen molar-refractivity contribution in [3.8, 4) is 22.6 Å². The number of primary amides is 1. The fourth-order valence-corrected chi connectivity index (χ4v) is 2.98. The number of nitrogens with zero attached hydrogens (tertiary/aromatic N) is 4. The van der Waals surface area contributed by atoms with E-state index in [4.69, 9.17) is 11.5 Å². The number of nitrogen functional groups attached to an aromatic ring is 1. The lowest BCUT2D eigenvalue weighted by Crippen LogP contribution is -2.17. The number of amides is 1. The van der Waals surface area contributed by atoms with E-state index in [1.54, 1.807) is 30.7 Å². The van der Waals surface area contributed by atoms with Gasteiger partial charge in [0.1, 0.15) is 5.69 Å². The Kier molecular flexibility index (Phi) is 3.58. The highest BCUT2D eigenvalue weighted by Gasteiger charge is 2.20. The first-order valence-electron chi connectivity index (χ1n) is 7.87. The Bertz CT molecular complexity index is 1140. The van der Waals surface area contributed by atoms with E-state index in [1.165, 1.54) is 0 Å². The lowest BCUT2D eigenvalue weighted by atomic mass is 9.94. The summed E-state index contributed by atoms with van der Waals surface area (Å²) in [6, 6.07) is 7.37. The van der Waals surface area contributed by atoms with Crippen LogP contribution in [0.25, 0.3) is 33.5 Å². The van der Waals surface area contributed by atoms with E-state index in [9.17, 15) is 4.79 Å². The number of rotatable bonds is 3. The van der Waals surface area contributed by atoms with Crippen LogP contribution in [0.5, 0.6) is 0 Å². The normalized spacial score (nSPS) is 11.0. The summed E-state index contributed by atoms with van der Waals surface area (Å²) in [6.45, 7) is 1.96. The molecule has 0 bridgehead atoms. The third-order valence-corrected chi connectivity index (χ3v) is 4.19. The van der Waals surface area contributed by atoms with Crippen molar-refractivity contribution in [3.63, 3.8) is 0 Å². The van der Waals surface area contributed by atoms with Crippen molar-refractivity contribution in [1.29, 1.82) is 0 Å². The van der Waals surface area contributed by atoms with Crippen molar-refractivity contribution in [2.45, 2.75) is 6.92 Å². The number of anilines is 1. The molecular weight excluding hydrogens is 330 g/mol. The summed E-state index contributed by atoms with van der Waals surface area (Å²) < 4.78 is 0. The molecule has 0 atom stereocenters. The van der Waals surface area contributed by atoms with Crippen LogP contribution in [0.3, 0.4) is 0 Å². The van der Waals surface area contributed by atoms with Crippen LogP contribution in [0.2, 0.25) is 0 Å². The summed E-state index contributed by atoms with van der Waals surface area (Å²) in [4.78, 5) is 24.6. The lowest BCUT2D eigenvalue weighted by Gasteiger charge is -2.14. The standard InChI is InChI=1S/C18H15N7O/c1-9-3-4-12-11(8-23-25-12)14(9)10-7-13(18-21-5-2-6-22-18)24-16(15(10)19)17(20)26/h2-8H,19H2,1H3,(H2,20,26)(H,23,25). The van der Waals surface area contributed by atoms with Gasteiger partial charge in [-0.15, -0.1) is 0 Å². The summed E-state index contributed by atoms with van der Waals surface area (Å²) in [5.74, 6) is -0.327. The van der Waals surface area contributed by atoms with Crippen LogP contribution in [-0.2, 0) is 0 Å². The first-order chi connectivity index (χ1) is 12.6. The first-order valence-corrected chi connectivity index (χ1v) is 7.87. The highest BCUT2D eigenvalue weighted by atomic mass is 16.1. The second-order valence-corrected chi connectivity index (χ2v) is 5.84. The number of H-pyrrole nitrogens is 1. The summed E-state index contributed by atoms with van der Waals surface area (Å²) in [5, 5.41) is 7.92. The number of nitrogens with two attached hydrogens (primary N) is 2. The van der Waals surface area contributed by atoms with Gasteiger partial charge in [0.05, 0.1) is 17.4 Å². The predicted molar refractivity (Wildman–Crippen MR) is 98.0 cm³/mol. The second-order valence-electron chi connectivity index (χ2n) is 5.84. The highest BCUT2D eigenvalue weighted by molar-refractivity contribution is 6.05. The number of carbonyl (C=O) groups excluding carboxylic acids is 1. The maximum atomic E-state index is 11.9. The molecule has 0 fully saturated rings. The van der Waals surface area contributed by atoms with Gasteiger partial charge in [0.2, 0.25) is 0 Å². The lowest BCUT2D eigenvalue weighted by molar-refractivity contribution is 0.0996. The third-order valence-electron chi connectivity index (χ3n) is 4.19. The number of hydrogen-bond acceptors (Lipinski definition) is 6. The van der Waals surface area contributed by atoms with E-state index in [-0.39, 0.29) is 11.4 Å². The predicted octanol–water partition coefficient (Wildman–Crippen LogP) is 2.07. The van der Waals surface area contributed by atoms with Crippen LogP contribution >= 0.6 is 0 Å². The van der Waals surface area contributed by atoms with Gasteiger partial charge in [-0.1, -0.05) is 6.07 Å². The molecule has 5 N–H and O–H groups in total. The Morgan fingerprint density at radius 2 is 1.96 bits per heavy atom. The molecule has 3 aromatic heterocycles. The average Bonchev–Trinajstić information content (AvgIpc) is 3.11. The van der Waals surface area contributed by atoms with E-state index in [0.717, 1.165) is 22.0 Å². The minimum absolute atomic E-state index is 0.00940. The number of nitrogens with one attached hydrogen (secondary N) is 1. The minimum atomic E-state index is -0.710. The molecule has 0 spiro atoms. The highest BCUT2D eigenvalue weighted by Crippen LogP contribution is 2.37. The second kappa shape index (κ2) is 5.92. The summed E-state index contributed by atoms with van der Waals surface area (Å²) >= 11 is 0. The van der Waals surface area contributed by atoms with E-state index in [0.29, 0.717) is 17.1 Å². The van der Waals surface area contributed by atoms with Gasteiger partial charge in [-0.2, -0.15) is 5.10 Å².